The first-order valence-corrected chi connectivity index (χ1v) is 8.02. The predicted octanol–water partition coefficient (Wildman–Crippen LogP) is 4.07. The third-order valence-electron chi connectivity index (χ3n) is 4.38. The number of hydrogen-bond donors (Lipinski definition) is 2. The van der Waals surface area contributed by atoms with Gasteiger partial charge in [-0.05, 0) is 32.2 Å². The van der Waals surface area contributed by atoms with E-state index in [4.69, 9.17) is 0 Å². The van der Waals surface area contributed by atoms with Crippen LogP contribution in [0.2, 0.25) is 0 Å². The number of aryl methyl sites for hydroxylation is 2. The summed E-state index contributed by atoms with van der Waals surface area (Å²) in [6.45, 7) is 5.94. The number of hydrogen-bond acceptors (Lipinski definition) is 2. The molecule has 0 aliphatic rings. The molecule has 2 aromatic carbocycles. The lowest BCUT2D eigenvalue weighted by atomic mass is 10.1. The monoisotopic (exact) mass is 322 g/mol. The van der Waals surface area contributed by atoms with Crippen molar-refractivity contribution in [2.24, 2.45) is 7.05 Å². The molecule has 1 atom stereocenters. The molecule has 3 rings (SSSR count). The lowest BCUT2D eigenvalue weighted by molar-refractivity contribution is 0.249. The van der Waals surface area contributed by atoms with Gasteiger partial charge in [-0.25, -0.2) is 4.79 Å². The number of nitrogens with one attached hydrogen (secondary N) is 2. The number of anilines is 1. The fraction of sp³-hybridized carbons (Fsp3) is 0.263. The number of amides is 2. The van der Waals surface area contributed by atoms with E-state index < -0.39 is 0 Å². The average molecular weight is 322 g/mol. The summed E-state index contributed by atoms with van der Waals surface area (Å²) in [7, 11) is 1.91. The number of rotatable bonds is 3. The minimum atomic E-state index is -0.221. The van der Waals surface area contributed by atoms with Gasteiger partial charge in [0.1, 0.15) is 0 Å². The van der Waals surface area contributed by atoms with Crippen LogP contribution in [-0.2, 0) is 7.05 Å². The van der Waals surface area contributed by atoms with Crippen molar-refractivity contribution in [1.82, 2.24) is 15.1 Å². The molecule has 1 aromatic heterocycles. The van der Waals surface area contributed by atoms with E-state index in [0.717, 1.165) is 33.4 Å². The third kappa shape index (κ3) is 2.97. The van der Waals surface area contributed by atoms with Gasteiger partial charge in [-0.15, -0.1) is 0 Å². The highest BCUT2D eigenvalue weighted by molar-refractivity contribution is 6.01. The summed E-state index contributed by atoms with van der Waals surface area (Å²) in [5.74, 6) is 0. The van der Waals surface area contributed by atoms with Gasteiger partial charge in [0.2, 0.25) is 0 Å². The van der Waals surface area contributed by atoms with E-state index in [-0.39, 0.29) is 12.1 Å². The Morgan fingerprint density at radius 3 is 2.54 bits per heavy atom. The molecule has 0 saturated carbocycles. The number of aromatic nitrogens is 2. The van der Waals surface area contributed by atoms with E-state index in [1.807, 2.05) is 75.0 Å². The van der Waals surface area contributed by atoms with Crippen molar-refractivity contribution in [3.05, 3.63) is 59.4 Å². The van der Waals surface area contributed by atoms with Gasteiger partial charge in [0, 0.05) is 23.7 Å². The molecule has 0 fully saturated rings. The second-order valence-corrected chi connectivity index (χ2v) is 6.05. The zero-order valence-electron chi connectivity index (χ0n) is 14.4. The van der Waals surface area contributed by atoms with E-state index in [0.29, 0.717) is 0 Å². The lowest BCUT2D eigenvalue weighted by Crippen LogP contribution is -2.31. The number of carbonyl (C=O) groups is 1. The van der Waals surface area contributed by atoms with Gasteiger partial charge in [-0.3, -0.25) is 4.68 Å². The molecule has 1 heterocycles. The van der Waals surface area contributed by atoms with Crippen LogP contribution in [0.25, 0.3) is 10.8 Å². The van der Waals surface area contributed by atoms with Crippen LogP contribution in [0.5, 0.6) is 0 Å². The normalized spacial score (nSPS) is 12.2. The lowest BCUT2D eigenvalue weighted by Gasteiger charge is -2.16. The van der Waals surface area contributed by atoms with Crippen LogP contribution in [0.3, 0.4) is 0 Å². The highest BCUT2D eigenvalue weighted by Gasteiger charge is 2.18. The molecule has 0 bridgehead atoms. The summed E-state index contributed by atoms with van der Waals surface area (Å²) in [5.41, 5.74) is 3.86. The Bertz CT molecular complexity index is 892. The summed E-state index contributed by atoms with van der Waals surface area (Å²) in [4.78, 5) is 12.4. The first-order valence-electron chi connectivity index (χ1n) is 8.02. The Labute approximate surface area is 141 Å². The zero-order chi connectivity index (χ0) is 17.3. The van der Waals surface area contributed by atoms with E-state index >= 15 is 0 Å². The zero-order valence-corrected chi connectivity index (χ0v) is 14.4. The molecule has 0 unspecified atom stereocenters. The number of urea groups is 1. The van der Waals surface area contributed by atoms with E-state index in [9.17, 15) is 4.79 Å². The first kappa shape index (κ1) is 16.1. The van der Waals surface area contributed by atoms with E-state index in [2.05, 4.69) is 15.7 Å². The fourth-order valence-corrected chi connectivity index (χ4v) is 3.18. The summed E-state index contributed by atoms with van der Waals surface area (Å²) < 4.78 is 1.84. The van der Waals surface area contributed by atoms with Gasteiger partial charge in [0.15, 0.2) is 0 Å². The maximum absolute atomic E-state index is 12.4. The molecule has 3 aromatic rings. The van der Waals surface area contributed by atoms with Crippen molar-refractivity contribution in [3.63, 3.8) is 0 Å². The van der Waals surface area contributed by atoms with Crippen LogP contribution in [-0.4, -0.2) is 15.8 Å². The summed E-state index contributed by atoms with van der Waals surface area (Å²) >= 11 is 0. The highest BCUT2D eigenvalue weighted by Crippen LogP contribution is 2.24. The molecule has 24 heavy (non-hydrogen) atoms. The molecule has 2 N–H and O–H groups in total. The molecule has 5 heteroatoms. The maximum atomic E-state index is 12.4. The standard InChI is InChI=1S/C19H22N4O/c1-12(18-13(2)22-23(4)14(18)3)20-19(24)21-17-11-7-9-15-8-5-6-10-16(15)17/h5-12H,1-4H3,(H2,20,21,24)/t12-/m1/s1. The van der Waals surface area contributed by atoms with Crippen LogP contribution in [0, 0.1) is 13.8 Å². The Kier molecular flexibility index (Phi) is 4.25. The minimum absolute atomic E-state index is 0.117. The molecule has 0 saturated heterocycles. The van der Waals surface area contributed by atoms with Crippen molar-refractivity contribution in [2.45, 2.75) is 26.8 Å². The number of benzene rings is 2. The molecule has 2 amide bonds. The second-order valence-electron chi connectivity index (χ2n) is 6.05. The molecule has 5 nitrogen and oxygen atoms in total. The minimum Gasteiger partial charge on any atom is -0.331 e. The number of fused-ring (bicyclic) bond motifs is 1. The SMILES string of the molecule is Cc1nn(C)c(C)c1[C@@H](C)NC(=O)Nc1cccc2ccccc12. The maximum Gasteiger partial charge on any atom is 0.319 e. The van der Waals surface area contributed by atoms with Crippen LogP contribution < -0.4 is 10.6 Å². The Balaban J connectivity index is 1.78. The Morgan fingerprint density at radius 2 is 1.83 bits per heavy atom. The quantitative estimate of drug-likeness (QED) is 0.763. The van der Waals surface area contributed by atoms with E-state index in [1.165, 1.54) is 0 Å². The third-order valence-corrected chi connectivity index (χ3v) is 4.38. The van der Waals surface area contributed by atoms with Crippen LogP contribution in [0.4, 0.5) is 10.5 Å². The van der Waals surface area contributed by atoms with Crippen molar-refractivity contribution in [1.29, 1.82) is 0 Å². The summed E-state index contributed by atoms with van der Waals surface area (Å²) in [6.07, 6.45) is 0. The van der Waals surface area contributed by atoms with Gasteiger partial charge >= 0.3 is 6.03 Å². The molecular formula is C19H22N4O. The van der Waals surface area contributed by atoms with Crippen LogP contribution >= 0.6 is 0 Å². The summed E-state index contributed by atoms with van der Waals surface area (Å²) in [6, 6.07) is 13.5. The fourth-order valence-electron chi connectivity index (χ4n) is 3.18. The van der Waals surface area contributed by atoms with Crippen LogP contribution in [0.15, 0.2) is 42.5 Å². The van der Waals surface area contributed by atoms with Gasteiger partial charge in [0.05, 0.1) is 17.4 Å². The molecule has 0 radical (unpaired) electrons. The first-order chi connectivity index (χ1) is 11.5. The van der Waals surface area contributed by atoms with Crippen molar-refractivity contribution in [2.75, 3.05) is 5.32 Å². The topological polar surface area (TPSA) is 59.0 Å². The smallest absolute Gasteiger partial charge is 0.319 e. The summed E-state index contributed by atoms with van der Waals surface area (Å²) in [5, 5.41) is 12.5. The predicted molar refractivity (Wildman–Crippen MR) is 97.2 cm³/mol. The Morgan fingerprint density at radius 1 is 1.12 bits per heavy atom. The molecule has 124 valence electrons. The molecule has 0 aliphatic heterocycles. The second kappa shape index (κ2) is 6.35. The van der Waals surface area contributed by atoms with Gasteiger partial charge < -0.3 is 10.6 Å². The largest absolute Gasteiger partial charge is 0.331 e. The number of carbonyl (C=O) groups excluding carboxylic acids is 1. The van der Waals surface area contributed by atoms with Gasteiger partial charge in [-0.1, -0.05) is 36.4 Å². The van der Waals surface area contributed by atoms with Gasteiger partial charge in [0.25, 0.3) is 0 Å². The molecule has 0 spiro atoms. The molecular weight excluding hydrogens is 300 g/mol. The highest BCUT2D eigenvalue weighted by atomic mass is 16.2. The van der Waals surface area contributed by atoms with Crippen molar-refractivity contribution in [3.8, 4) is 0 Å². The number of nitrogens with zero attached hydrogens (tertiary/aromatic N) is 2. The molecule has 0 aliphatic carbocycles. The van der Waals surface area contributed by atoms with Crippen molar-refractivity contribution < 1.29 is 4.79 Å². The average Bonchev–Trinajstić information content (AvgIpc) is 2.80. The Hall–Kier alpha value is -2.82. The van der Waals surface area contributed by atoms with Gasteiger partial charge in [-0.2, -0.15) is 5.10 Å². The van der Waals surface area contributed by atoms with Crippen molar-refractivity contribution >= 4 is 22.5 Å². The van der Waals surface area contributed by atoms with E-state index in [1.54, 1.807) is 0 Å². The van der Waals surface area contributed by atoms with Crippen LogP contribution in [0.1, 0.15) is 29.9 Å².